The van der Waals surface area contributed by atoms with Crippen LogP contribution in [0.15, 0.2) is 4.99 Å². The lowest BCUT2D eigenvalue weighted by atomic mass is 10.3. The van der Waals surface area contributed by atoms with Crippen LogP contribution in [0.25, 0.3) is 0 Å². The van der Waals surface area contributed by atoms with Crippen LogP contribution in [-0.2, 0) is 14.3 Å². The molecule has 0 radical (unpaired) electrons. The molecule has 1 aliphatic heterocycles. The van der Waals surface area contributed by atoms with Gasteiger partial charge in [-0.3, -0.25) is 9.79 Å². The van der Waals surface area contributed by atoms with Gasteiger partial charge in [-0.15, -0.1) is 0 Å². The van der Waals surface area contributed by atoms with Crippen LogP contribution in [0, 0.1) is 0 Å². The number of nitrogens with one attached hydrogen (secondary N) is 2. The van der Waals surface area contributed by atoms with Gasteiger partial charge >= 0.3 is 0 Å². The highest BCUT2D eigenvalue weighted by molar-refractivity contribution is 5.86. The summed E-state index contributed by atoms with van der Waals surface area (Å²) in [5.74, 6) is 0.640. The van der Waals surface area contributed by atoms with Gasteiger partial charge in [0.2, 0.25) is 5.91 Å². The van der Waals surface area contributed by atoms with Crippen molar-refractivity contribution in [3.8, 4) is 0 Å². The summed E-state index contributed by atoms with van der Waals surface area (Å²) in [7, 11) is 4.96. The molecule has 1 fully saturated rings. The first-order chi connectivity index (χ1) is 8.71. The van der Waals surface area contributed by atoms with Gasteiger partial charge < -0.3 is 25.0 Å². The highest BCUT2D eigenvalue weighted by atomic mass is 16.5. The number of ether oxygens (including phenoxy) is 2. The van der Waals surface area contributed by atoms with Gasteiger partial charge in [0.05, 0.1) is 25.9 Å². The quantitative estimate of drug-likeness (QED) is 0.482. The number of morpholine rings is 1. The van der Waals surface area contributed by atoms with Crippen molar-refractivity contribution in [2.45, 2.75) is 6.10 Å². The molecule has 7 heteroatoms. The van der Waals surface area contributed by atoms with Gasteiger partial charge in [-0.2, -0.15) is 0 Å². The number of carbonyl (C=O) groups excluding carboxylic acids is 1. The number of hydrogen-bond donors (Lipinski definition) is 2. The minimum atomic E-state index is -0.0714. The topological polar surface area (TPSA) is 75.2 Å². The lowest BCUT2D eigenvalue weighted by Crippen LogP contribution is -2.52. The van der Waals surface area contributed by atoms with E-state index in [9.17, 15) is 4.79 Å². The Hall–Kier alpha value is -1.34. The van der Waals surface area contributed by atoms with Crippen LogP contribution in [0.1, 0.15) is 0 Å². The van der Waals surface area contributed by atoms with Gasteiger partial charge in [0.15, 0.2) is 5.96 Å². The molecule has 1 rings (SSSR count). The molecule has 1 amide bonds. The average molecular weight is 258 g/mol. The summed E-state index contributed by atoms with van der Waals surface area (Å²) in [6.45, 7) is 2.88. The molecule has 0 aromatic heterocycles. The van der Waals surface area contributed by atoms with Crippen molar-refractivity contribution in [3.05, 3.63) is 0 Å². The maximum atomic E-state index is 11.2. The molecule has 0 aromatic carbocycles. The van der Waals surface area contributed by atoms with E-state index in [2.05, 4.69) is 20.5 Å². The van der Waals surface area contributed by atoms with Gasteiger partial charge in [-0.05, 0) is 0 Å². The van der Waals surface area contributed by atoms with E-state index in [0.29, 0.717) is 25.7 Å². The number of guanidine groups is 1. The minimum absolute atomic E-state index is 0.0438. The molecule has 7 nitrogen and oxygen atoms in total. The first-order valence-electron chi connectivity index (χ1n) is 5.98. The molecule has 0 spiro atoms. The van der Waals surface area contributed by atoms with Crippen LogP contribution in [-0.4, -0.2) is 76.9 Å². The second-order valence-corrected chi connectivity index (χ2v) is 3.97. The van der Waals surface area contributed by atoms with E-state index in [-0.39, 0.29) is 18.6 Å². The van der Waals surface area contributed by atoms with Crippen molar-refractivity contribution in [3.63, 3.8) is 0 Å². The number of aliphatic imine (C=N–C) groups is 1. The minimum Gasteiger partial charge on any atom is -0.382 e. The van der Waals surface area contributed by atoms with Crippen LogP contribution in [0.3, 0.4) is 0 Å². The molecule has 1 saturated heterocycles. The second-order valence-electron chi connectivity index (χ2n) is 3.97. The van der Waals surface area contributed by atoms with E-state index >= 15 is 0 Å². The van der Waals surface area contributed by atoms with Gasteiger partial charge in [-0.1, -0.05) is 0 Å². The highest BCUT2D eigenvalue weighted by Crippen LogP contribution is 2.05. The Balaban J connectivity index is 2.46. The molecule has 2 N–H and O–H groups in total. The molecule has 0 bridgehead atoms. The Labute approximate surface area is 108 Å². The van der Waals surface area contributed by atoms with E-state index in [4.69, 9.17) is 9.47 Å². The van der Waals surface area contributed by atoms with E-state index < -0.39 is 0 Å². The third-order valence-corrected chi connectivity index (χ3v) is 2.69. The van der Waals surface area contributed by atoms with Crippen LogP contribution < -0.4 is 10.6 Å². The van der Waals surface area contributed by atoms with Crippen molar-refractivity contribution < 1.29 is 14.3 Å². The van der Waals surface area contributed by atoms with Crippen molar-refractivity contribution in [1.82, 2.24) is 15.5 Å². The molecule has 1 unspecified atom stereocenters. The fourth-order valence-electron chi connectivity index (χ4n) is 1.78. The smallest absolute Gasteiger partial charge is 0.239 e. The molecule has 1 heterocycles. The number of amides is 1. The monoisotopic (exact) mass is 258 g/mol. The van der Waals surface area contributed by atoms with Gasteiger partial charge in [0.25, 0.3) is 0 Å². The first kappa shape index (κ1) is 14.7. The summed E-state index contributed by atoms with van der Waals surface area (Å²) >= 11 is 0. The maximum Gasteiger partial charge on any atom is 0.239 e. The Kier molecular flexibility index (Phi) is 6.45. The number of likely N-dealkylation sites (N-methyl/N-ethyl adjacent to an activating group) is 1. The van der Waals surface area contributed by atoms with Gasteiger partial charge in [0.1, 0.15) is 0 Å². The van der Waals surface area contributed by atoms with Crippen LogP contribution in [0.5, 0.6) is 0 Å². The molecule has 1 atom stereocenters. The average Bonchev–Trinajstić information content (AvgIpc) is 2.40. The van der Waals surface area contributed by atoms with Crippen LogP contribution in [0.2, 0.25) is 0 Å². The number of methoxy groups -OCH3 is 1. The zero-order valence-corrected chi connectivity index (χ0v) is 11.2. The molecular formula is C11H22N4O3. The molecule has 0 aromatic rings. The van der Waals surface area contributed by atoms with Crippen LogP contribution in [0.4, 0.5) is 0 Å². The van der Waals surface area contributed by atoms with Crippen molar-refractivity contribution in [2.24, 2.45) is 4.99 Å². The fourth-order valence-corrected chi connectivity index (χ4v) is 1.78. The van der Waals surface area contributed by atoms with Crippen molar-refractivity contribution >= 4 is 11.9 Å². The van der Waals surface area contributed by atoms with E-state index in [0.717, 1.165) is 6.54 Å². The highest BCUT2D eigenvalue weighted by Gasteiger charge is 2.22. The van der Waals surface area contributed by atoms with E-state index in [1.165, 1.54) is 0 Å². The molecule has 1 aliphatic rings. The third kappa shape index (κ3) is 4.50. The SMILES string of the molecule is CN=C(NCC(=O)NC)N1CCOC(COC)C1. The number of nitrogens with zero attached hydrogens (tertiary/aromatic N) is 2. The Morgan fingerprint density at radius 1 is 1.61 bits per heavy atom. The summed E-state index contributed by atoms with van der Waals surface area (Å²) in [6, 6.07) is 0. The predicted octanol–water partition coefficient (Wildman–Crippen LogP) is -1.34. The fraction of sp³-hybridized carbons (Fsp3) is 0.818. The number of hydrogen-bond acceptors (Lipinski definition) is 4. The lowest BCUT2D eigenvalue weighted by Gasteiger charge is -2.34. The summed E-state index contributed by atoms with van der Waals surface area (Å²) in [5, 5.41) is 5.58. The van der Waals surface area contributed by atoms with E-state index in [1.54, 1.807) is 21.2 Å². The molecular weight excluding hydrogens is 236 g/mol. The Bertz CT molecular complexity index is 294. The second kappa shape index (κ2) is 7.88. The first-order valence-corrected chi connectivity index (χ1v) is 5.98. The summed E-state index contributed by atoms with van der Waals surface area (Å²) < 4.78 is 10.6. The van der Waals surface area contributed by atoms with Crippen molar-refractivity contribution in [1.29, 1.82) is 0 Å². The van der Waals surface area contributed by atoms with Crippen molar-refractivity contribution in [2.75, 3.05) is 54.1 Å². The lowest BCUT2D eigenvalue weighted by molar-refractivity contribution is -0.119. The van der Waals surface area contributed by atoms with Gasteiger partial charge in [0, 0.05) is 34.3 Å². The Morgan fingerprint density at radius 3 is 3.00 bits per heavy atom. The molecule has 18 heavy (non-hydrogen) atoms. The maximum absolute atomic E-state index is 11.2. The zero-order chi connectivity index (χ0) is 13.4. The summed E-state index contributed by atoms with van der Waals surface area (Å²) in [6.07, 6.45) is 0.0438. The van der Waals surface area contributed by atoms with Gasteiger partial charge in [-0.25, -0.2) is 0 Å². The Morgan fingerprint density at radius 2 is 2.39 bits per heavy atom. The number of carbonyl (C=O) groups is 1. The standard InChI is InChI=1S/C11H22N4O3/c1-12-10(16)6-14-11(13-2)15-4-5-18-9(7-15)8-17-3/h9H,4-8H2,1-3H3,(H,12,16)(H,13,14). The third-order valence-electron chi connectivity index (χ3n) is 2.69. The summed E-state index contributed by atoms with van der Waals surface area (Å²) in [5.41, 5.74) is 0. The normalized spacial score (nSPS) is 20.7. The molecule has 0 aliphatic carbocycles. The largest absolute Gasteiger partial charge is 0.382 e. The van der Waals surface area contributed by atoms with E-state index in [1.807, 2.05) is 0 Å². The predicted molar refractivity (Wildman–Crippen MR) is 68.6 cm³/mol. The van der Waals surface area contributed by atoms with Crippen LogP contribution >= 0.6 is 0 Å². The summed E-state index contributed by atoms with van der Waals surface area (Å²) in [4.78, 5) is 17.4. The molecule has 0 saturated carbocycles. The zero-order valence-electron chi connectivity index (χ0n) is 11.2. The number of rotatable bonds is 4. The molecule has 104 valence electrons.